The average molecular weight is 381 g/mol. The van der Waals surface area contributed by atoms with Crippen LogP contribution in [0.15, 0.2) is 14.3 Å². The highest BCUT2D eigenvalue weighted by Crippen LogP contribution is 2.32. The van der Waals surface area contributed by atoms with E-state index in [1.165, 1.54) is 45.2 Å². The van der Waals surface area contributed by atoms with Crippen molar-refractivity contribution in [3.05, 3.63) is 19.2 Å². The average Bonchev–Trinajstić information content (AvgIpc) is 2.50. The summed E-state index contributed by atoms with van der Waals surface area (Å²) in [6.07, 6.45) is 6.87. The van der Waals surface area contributed by atoms with E-state index in [0.29, 0.717) is 0 Å². The Balaban J connectivity index is 1.81. The van der Waals surface area contributed by atoms with E-state index in [4.69, 9.17) is 0 Å². The van der Waals surface area contributed by atoms with Gasteiger partial charge >= 0.3 is 0 Å². The van der Waals surface area contributed by atoms with E-state index in [1.54, 1.807) is 0 Å². The fourth-order valence-corrected chi connectivity index (χ4v) is 4.54. The van der Waals surface area contributed by atoms with Crippen LogP contribution in [-0.2, 0) is 6.54 Å². The molecule has 1 fully saturated rings. The summed E-state index contributed by atoms with van der Waals surface area (Å²) in [7, 11) is 0. The maximum absolute atomic E-state index is 3.71. The molecule has 2 unspecified atom stereocenters. The second-order valence-electron chi connectivity index (χ2n) is 5.03. The SMILES string of the molecule is CC1CCCC(NCc2cc(Br)c(Br)s2)CC1. The lowest BCUT2D eigenvalue weighted by Crippen LogP contribution is -2.27. The van der Waals surface area contributed by atoms with Crippen LogP contribution in [-0.4, -0.2) is 6.04 Å². The largest absolute Gasteiger partial charge is 0.309 e. The van der Waals surface area contributed by atoms with Crippen LogP contribution in [0.3, 0.4) is 0 Å². The minimum atomic E-state index is 0.722. The normalized spacial score (nSPS) is 25.8. The molecule has 1 aromatic heterocycles. The molecule has 0 amide bonds. The van der Waals surface area contributed by atoms with Gasteiger partial charge in [0.05, 0.1) is 3.79 Å². The summed E-state index contributed by atoms with van der Waals surface area (Å²) >= 11 is 8.90. The highest BCUT2D eigenvalue weighted by molar-refractivity contribution is 9.13. The van der Waals surface area contributed by atoms with Crippen molar-refractivity contribution < 1.29 is 0 Å². The number of halogens is 2. The van der Waals surface area contributed by atoms with Crippen molar-refractivity contribution in [3.63, 3.8) is 0 Å². The summed E-state index contributed by atoms with van der Waals surface area (Å²) < 4.78 is 2.37. The van der Waals surface area contributed by atoms with Gasteiger partial charge in [0.15, 0.2) is 0 Å². The molecule has 1 heterocycles. The van der Waals surface area contributed by atoms with Crippen LogP contribution < -0.4 is 5.32 Å². The van der Waals surface area contributed by atoms with E-state index in [-0.39, 0.29) is 0 Å². The van der Waals surface area contributed by atoms with Gasteiger partial charge in [-0.05, 0) is 63.1 Å². The molecule has 0 aromatic carbocycles. The third-order valence-corrected chi connectivity index (χ3v) is 6.77. The van der Waals surface area contributed by atoms with E-state index in [1.807, 2.05) is 11.3 Å². The predicted molar refractivity (Wildman–Crippen MR) is 82.6 cm³/mol. The number of nitrogens with one attached hydrogen (secondary N) is 1. The molecule has 2 atom stereocenters. The molecule has 17 heavy (non-hydrogen) atoms. The maximum atomic E-state index is 3.71. The number of hydrogen-bond donors (Lipinski definition) is 1. The molecule has 1 aromatic rings. The second kappa shape index (κ2) is 6.69. The Hall–Kier alpha value is 0.620. The van der Waals surface area contributed by atoms with Crippen LogP contribution in [0.25, 0.3) is 0 Å². The molecule has 0 aliphatic heterocycles. The van der Waals surface area contributed by atoms with Crippen LogP contribution >= 0.6 is 43.2 Å². The van der Waals surface area contributed by atoms with Crippen LogP contribution in [0.4, 0.5) is 0 Å². The minimum Gasteiger partial charge on any atom is -0.309 e. The van der Waals surface area contributed by atoms with Gasteiger partial charge < -0.3 is 5.32 Å². The van der Waals surface area contributed by atoms with E-state index in [0.717, 1.165) is 18.5 Å². The van der Waals surface area contributed by atoms with Crippen molar-refractivity contribution in [2.75, 3.05) is 0 Å². The Bertz CT molecular complexity index is 345. The molecule has 1 N–H and O–H groups in total. The maximum Gasteiger partial charge on any atom is 0.0843 e. The standard InChI is InChI=1S/C13H19Br2NS/c1-9-3-2-4-10(6-5-9)16-8-11-7-12(14)13(15)17-11/h7,9-10,16H,2-6,8H2,1H3. The number of rotatable bonds is 3. The quantitative estimate of drug-likeness (QED) is 0.698. The zero-order chi connectivity index (χ0) is 12.3. The van der Waals surface area contributed by atoms with Gasteiger partial charge in [0.1, 0.15) is 0 Å². The molecular formula is C13H19Br2NS. The predicted octanol–water partition coefficient (Wildman–Crippen LogP) is 5.33. The molecule has 1 aliphatic rings. The van der Waals surface area contributed by atoms with Crippen molar-refractivity contribution in [1.29, 1.82) is 0 Å². The van der Waals surface area contributed by atoms with Crippen molar-refractivity contribution in [1.82, 2.24) is 5.32 Å². The first kappa shape index (κ1) is 14.0. The van der Waals surface area contributed by atoms with Crippen LogP contribution in [0, 0.1) is 5.92 Å². The summed E-state index contributed by atoms with van der Waals surface area (Å²) in [6.45, 7) is 3.39. The molecule has 1 nitrogen and oxygen atoms in total. The third kappa shape index (κ3) is 4.34. The molecule has 4 heteroatoms. The Kier molecular flexibility index (Phi) is 5.52. The summed E-state index contributed by atoms with van der Waals surface area (Å²) in [5.41, 5.74) is 0. The van der Waals surface area contributed by atoms with Crippen LogP contribution in [0.1, 0.15) is 43.9 Å². The van der Waals surface area contributed by atoms with E-state index >= 15 is 0 Å². The monoisotopic (exact) mass is 379 g/mol. The Labute approximate surface area is 125 Å². The number of hydrogen-bond acceptors (Lipinski definition) is 2. The molecule has 2 rings (SSSR count). The topological polar surface area (TPSA) is 12.0 Å². The van der Waals surface area contributed by atoms with Gasteiger partial charge in [-0.15, -0.1) is 11.3 Å². The van der Waals surface area contributed by atoms with E-state index in [9.17, 15) is 0 Å². The lowest BCUT2D eigenvalue weighted by molar-refractivity contribution is 0.449. The summed E-state index contributed by atoms with van der Waals surface area (Å²) in [6, 6.07) is 2.93. The minimum absolute atomic E-state index is 0.722. The zero-order valence-corrected chi connectivity index (χ0v) is 14.1. The Morgan fingerprint density at radius 1 is 1.29 bits per heavy atom. The molecule has 0 spiro atoms. The molecule has 0 bridgehead atoms. The van der Waals surface area contributed by atoms with Gasteiger partial charge in [0.25, 0.3) is 0 Å². The van der Waals surface area contributed by atoms with Gasteiger partial charge in [-0.1, -0.05) is 19.8 Å². The third-order valence-electron chi connectivity index (χ3n) is 3.52. The van der Waals surface area contributed by atoms with Crippen molar-refractivity contribution in [2.45, 2.75) is 51.6 Å². The molecule has 96 valence electrons. The zero-order valence-electron chi connectivity index (χ0n) is 10.1. The molecule has 1 aliphatic carbocycles. The van der Waals surface area contributed by atoms with Crippen molar-refractivity contribution in [2.24, 2.45) is 5.92 Å². The molecule has 0 saturated heterocycles. The highest BCUT2D eigenvalue weighted by Gasteiger charge is 2.16. The second-order valence-corrected chi connectivity index (χ2v) is 8.33. The highest BCUT2D eigenvalue weighted by atomic mass is 79.9. The first-order chi connectivity index (χ1) is 8.15. The van der Waals surface area contributed by atoms with Crippen LogP contribution in [0.2, 0.25) is 0 Å². The lowest BCUT2D eigenvalue weighted by Gasteiger charge is -2.15. The van der Waals surface area contributed by atoms with Gasteiger partial charge in [-0.3, -0.25) is 0 Å². The van der Waals surface area contributed by atoms with Gasteiger partial charge in [0.2, 0.25) is 0 Å². The molecule has 0 radical (unpaired) electrons. The smallest absolute Gasteiger partial charge is 0.0843 e. The van der Waals surface area contributed by atoms with E-state index in [2.05, 4.69) is 50.2 Å². The summed E-state index contributed by atoms with van der Waals surface area (Å²) in [4.78, 5) is 1.40. The van der Waals surface area contributed by atoms with Gasteiger partial charge in [-0.2, -0.15) is 0 Å². The number of thiophene rings is 1. The summed E-state index contributed by atoms with van der Waals surface area (Å²) in [5.74, 6) is 0.923. The van der Waals surface area contributed by atoms with Crippen molar-refractivity contribution >= 4 is 43.2 Å². The molecular weight excluding hydrogens is 362 g/mol. The summed E-state index contributed by atoms with van der Waals surface area (Å²) in [5, 5.41) is 3.71. The van der Waals surface area contributed by atoms with E-state index < -0.39 is 0 Å². The fourth-order valence-electron chi connectivity index (χ4n) is 2.41. The fraction of sp³-hybridized carbons (Fsp3) is 0.692. The van der Waals surface area contributed by atoms with Gasteiger partial charge in [0, 0.05) is 21.9 Å². The first-order valence-corrected chi connectivity index (χ1v) is 8.72. The molecule has 1 saturated carbocycles. The Morgan fingerprint density at radius 3 is 2.82 bits per heavy atom. The Morgan fingerprint density at radius 2 is 2.12 bits per heavy atom. The van der Waals surface area contributed by atoms with Crippen LogP contribution in [0.5, 0.6) is 0 Å². The first-order valence-electron chi connectivity index (χ1n) is 6.32. The van der Waals surface area contributed by atoms with Crippen molar-refractivity contribution in [3.8, 4) is 0 Å². The lowest BCUT2D eigenvalue weighted by atomic mass is 10.0. The van der Waals surface area contributed by atoms with Gasteiger partial charge in [-0.25, -0.2) is 0 Å².